The average Bonchev–Trinajstić information content (AvgIpc) is 3.43. The number of nitrogens with zero attached hydrogens (tertiary/aromatic N) is 4. The van der Waals surface area contributed by atoms with Gasteiger partial charge in [-0.25, -0.2) is 4.39 Å². The molecule has 1 aliphatic rings. The molecule has 1 amide bonds. The summed E-state index contributed by atoms with van der Waals surface area (Å²) in [5.74, 6) is 0.961. The molecule has 31 heavy (non-hydrogen) atoms. The summed E-state index contributed by atoms with van der Waals surface area (Å²) in [6, 6.07) is 10.4. The Bertz CT molecular complexity index is 1230. The molecule has 0 bridgehead atoms. The van der Waals surface area contributed by atoms with Gasteiger partial charge >= 0.3 is 0 Å². The predicted octanol–water partition coefficient (Wildman–Crippen LogP) is 4.06. The van der Waals surface area contributed by atoms with Crippen LogP contribution >= 0.6 is 0 Å². The fourth-order valence-electron chi connectivity index (χ4n) is 3.99. The standard InChI is InChI=1S/C22H20FN5O3/c1-30-15-6-4-14(5-7-15)28-10-2-3-13(11-19(28)29)22-25-21(27-31-22)16-8-9-18(23)17-12-24-26-20(16)17/h4-9,12-13H,2-3,10-11H2,1H3,(H,24,26). The van der Waals surface area contributed by atoms with Crippen molar-refractivity contribution in [2.45, 2.75) is 25.2 Å². The zero-order chi connectivity index (χ0) is 21.4. The lowest BCUT2D eigenvalue weighted by Crippen LogP contribution is -2.30. The first kappa shape index (κ1) is 19.2. The second-order valence-corrected chi connectivity index (χ2v) is 7.50. The van der Waals surface area contributed by atoms with E-state index in [4.69, 9.17) is 9.26 Å². The van der Waals surface area contributed by atoms with Crippen molar-refractivity contribution < 1.29 is 18.4 Å². The SMILES string of the molecule is COc1ccc(N2CCCC(c3nc(-c4ccc(F)c5cn[nH]c45)no3)CC2=O)cc1. The minimum atomic E-state index is -0.371. The molecule has 1 unspecified atom stereocenters. The first-order chi connectivity index (χ1) is 15.1. The van der Waals surface area contributed by atoms with Gasteiger partial charge in [0.15, 0.2) is 0 Å². The highest BCUT2D eigenvalue weighted by molar-refractivity contribution is 5.94. The van der Waals surface area contributed by atoms with E-state index in [9.17, 15) is 9.18 Å². The number of hydrogen-bond donors (Lipinski definition) is 1. The van der Waals surface area contributed by atoms with Crippen LogP contribution in [0.2, 0.25) is 0 Å². The van der Waals surface area contributed by atoms with Gasteiger partial charge in [0, 0.05) is 30.1 Å². The number of carbonyl (C=O) groups excluding carboxylic acids is 1. The van der Waals surface area contributed by atoms with Gasteiger partial charge in [0.1, 0.15) is 11.6 Å². The van der Waals surface area contributed by atoms with Crippen LogP contribution in [0.25, 0.3) is 22.3 Å². The minimum Gasteiger partial charge on any atom is -0.497 e. The second kappa shape index (κ2) is 7.82. The van der Waals surface area contributed by atoms with Crippen LogP contribution in [0, 0.1) is 5.82 Å². The van der Waals surface area contributed by atoms with E-state index in [1.165, 1.54) is 12.3 Å². The maximum absolute atomic E-state index is 13.9. The van der Waals surface area contributed by atoms with Crippen molar-refractivity contribution in [3.8, 4) is 17.1 Å². The molecular weight excluding hydrogens is 401 g/mol. The molecule has 0 spiro atoms. The number of anilines is 1. The molecule has 4 aromatic rings. The number of aromatic nitrogens is 4. The third-order valence-electron chi connectivity index (χ3n) is 5.63. The summed E-state index contributed by atoms with van der Waals surface area (Å²) in [5.41, 5.74) is 1.95. The summed E-state index contributed by atoms with van der Waals surface area (Å²) in [6.07, 6.45) is 3.26. The van der Waals surface area contributed by atoms with E-state index in [2.05, 4.69) is 20.3 Å². The Kier molecular flexibility index (Phi) is 4.85. The summed E-state index contributed by atoms with van der Waals surface area (Å²) < 4.78 is 24.6. The Hall–Kier alpha value is -3.75. The maximum Gasteiger partial charge on any atom is 0.230 e. The smallest absolute Gasteiger partial charge is 0.230 e. The van der Waals surface area contributed by atoms with Gasteiger partial charge in [-0.05, 0) is 49.2 Å². The van der Waals surface area contributed by atoms with E-state index >= 15 is 0 Å². The van der Waals surface area contributed by atoms with Crippen LogP contribution in [-0.4, -0.2) is 39.9 Å². The molecule has 0 radical (unpaired) electrons. The molecule has 0 aliphatic carbocycles. The second-order valence-electron chi connectivity index (χ2n) is 7.50. The van der Waals surface area contributed by atoms with Gasteiger partial charge in [-0.2, -0.15) is 10.1 Å². The third kappa shape index (κ3) is 3.52. The molecular formula is C22H20FN5O3. The molecule has 1 N–H and O–H groups in total. The molecule has 1 aliphatic heterocycles. The number of aromatic amines is 1. The van der Waals surface area contributed by atoms with Crippen molar-refractivity contribution >= 4 is 22.5 Å². The molecule has 158 valence electrons. The number of halogens is 1. The van der Waals surface area contributed by atoms with E-state index in [1.54, 1.807) is 18.1 Å². The van der Waals surface area contributed by atoms with E-state index in [1.807, 2.05) is 24.3 Å². The van der Waals surface area contributed by atoms with E-state index in [-0.39, 0.29) is 24.1 Å². The van der Waals surface area contributed by atoms with Gasteiger partial charge in [0.05, 0.1) is 24.2 Å². The Morgan fingerprint density at radius 2 is 2.06 bits per heavy atom. The highest BCUT2D eigenvalue weighted by Crippen LogP contribution is 2.33. The molecule has 2 aromatic heterocycles. The Morgan fingerprint density at radius 3 is 2.87 bits per heavy atom. The normalized spacial score (nSPS) is 17.2. The predicted molar refractivity (Wildman–Crippen MR) is 111 cm³/mol. The van der Waals surface area contributed by atoms with Gasteiger partial charge in [0.25, 0.3) is 0 Å². The van der Waals surface area contributed by atoms with Gasteiger partial charge in [-0.15, -0.1) is 0 Å². The quantitative estimate of drug-likeness (QED) is 0.534. The van der Waals surface area contributed by atoms with E-state index in [0.29, 0.717) is 34.7 Å². The minimum absolute atomic E-state index is 0.00478. The average molecular weight is 421 g/mol. The first-order valence-electron chi connectivity index (χ1n) is 10.0. The summed E-state index contributed by atoms with van der Waals surface area (Å²) in [6.45, 7) is 0.620. The Balaban J connectivity index is 1.38. The molecule has 2 aromatic carbocycles. The number of nitrogens with one attached hydrogen (secondary N) is 1. The molecule has 9 heteroatoms. The van der Waals surface area contributed by atoms with Crippen LogP contribution < -0.4 is 9.64 Å². The number of amides is 1. The zero-order valence-corrected chi connectivity index (χ0v) is 16.8. The highest BCUT2D eigenvalue weighted by Gasteiger charge is 2.29. The lowest BCUT2D eigenvalue weighted by Gasteiger charge is -2.21. The number of hydrogen-bond acceptors (Lipinski definition) is 6. The summed E-state index contributed by atoms with van der Waals surface area (Å²) in [5, 5.41) is 11.1. The fourth-order valence-corrected chi connectivity index (χ4v) is 3.99. The number of benzene rings is 2. The number of fused-ring (bicyclic) bond motifs is 1. The van der Waals surface area contributed by atoms with Crippen molar-refractivity contribution in [2.24, 2.45) is 0 Å². The van der Waals surface area contributed by atoms with Crippen molar-refractivity contribution in [1.82, 2.24) is 20.3 Å². The lowest BCUT2D eigenvalue weighted by molar-refractivity contribution is -0.118. The first-order valence-corrected chi connectivity index (χ1v) is 10.0. The van der Waals surface area contributed by atoms with Crippen LogP contribution in [0.3, 0.4) is 0 Å². The summed E-state index contributed by atoms with van der Waals surface area (Å²) in [7, 11) is 1.61. The van der Waals surface area contributed by atoms with Crippen LogP contribution in [0.15, 0.2) is 47.1 Å². The van der Waals surface area contributed by atoms with Gasteiger partial charge in [-0.1, -0.05) is 5.16 Å². The van der Waals surface area contributed by atoms with Gasteiger partial charge < -0.3 is 14.2 Å². The zero-order valence-electron chi connectivity index (χ0n) is 16.8. The Labute approximate surface area is 177 Å². The van der Waals surface area contributed by atoms with Crippen molar-refractivity contribution in [3.05, 3.63) is 54.3 Å². The van der Waals surface area contributed by atoms with Gasteiger partial charge in [0.2, 0.25) is 17.6 Å². The molecule has 5 rings (SSSR count). The fraction of sp³-hybridized carbons (Fsp3) is 0.273. The summed E-state index contributed by atoms with van der Waals surface area (Å²) >= 11 is 0. The van der Waals surface area contributed by atoms with Crippen molar-refractivity contribution in [1.29, 1.82) is 0 Å². The third-order valence-corrected chi connectivity index (χ3v) is 5.63. The number of H-pyrrole nitrogens is 1. The molecule has 1 atom stereocenters. The van der Waals surface area contributed by atoms with Crippen LogP contribution in [0.5, 0.6) is 5.75 Å². The van der Waals surface area contributed by atoms with Crippen LogP contribution in [0.4, 0.5) is 10.1 Å². The number of ether oxygens (including phenoxy) is 1. The van der Waals surface area contributed by atoms with Crippen molar-refractivity contribution in [2.75, 3.05) is 18.6 Å². The molecule has 1 saturated heterocycles. The summed E-state index contributed by atoms with van der Waals surface area (Å²) in [4.78, 5) is 19.3. The Morgan fingerprint density at radius 1 is 1.23 bits per heavy atom. The largest absolute Gasteiger partial charge is 0.497 e. The number of carbonyl (C=O) groups is 1. The van der Waals surface area contributed by atoms with Crippen molar-refractivity contribution in [3.63, 3.8) is 0 Å². The number of rotatable bonds is 4. The highest BCUT2D eigenvalue weighted by atomic mass is 19.1. The van der Waals surface area contributed by atoms with E-state index in [0.717, 1.165) is 24.3 Å². The molecule has 8 nitrogen and oxygen atoms in total. The van der Waals surface area contributed by atoms with Crippen LogP contribution in [0.1, 0.15) is 31.1 Å². The number of methoxy groups -OCH3 is 1. The van der Waals surface area contributed by atoms with Crippen LogP contribution in [-0.2, 0) is 4.79 Å². The maximum atomic E-state index is 13.9. The molecule has 1 fully saturated rings. The molecule has 0 saturated carbocycles. The monoisotopic (exact) mass is 421 g/mol. The van der Waals surface area contributed by atoms with E-state index < -0.39 is 0 Å². The lowest BCUT2D eigenvalue weighted by atomic mass is 10.0. The molecule has 3 heterocycles. The van der Waals surface area contributed by atoms with Gasteiger partial charge in [-0.3, -0.25) is 9.89 Å². The topological polar surface area (TPSA) is 97.1 Å².